The normalized spacial score (nSPS) is 15.8. The summed E-state index contributed by atoms with van der Waals surface area (Å²) in [5.74, 6) is 1.89. The minimum atomic E-state index is -0.394. The number of aromatic nitrogens is 2. The Morgan fingerprint density at radius 1 is 1.09 bits per heavy atom. The molecule has 6 nitrogen and oxygen atoms in total. The van der Waals surface area contributed by atoms with Crippen molar-refractivity contribution in [2.45, 2.75) is 52.6 Å². The van der Waals surface area contributed by atoms with Crippen molar-refractivity contribution >= 4 is 5.91 Å². The summed E-state index contributed by atoms with van der Waals surface area (Å²) < 4.78 is 11.7. The van der Waals surface area contributed by atoms with Gasteiger partial charge in [-0.25, -0.2) is 0 Å². The van der Waals surface area contributed by atoms with Gasteiger partial charge < -0.3 is 14.4 Å². The van der Waals surface area contributed by atoms with Crippen LogP contribution in [0.3, 0.4) is 0 Å². The number of aromatic amines is 1. The number of nitrogens with one attached hydrogen (secondary N) is 1. The zero-order valence-electron chi connectivity index (χ0n) is 20.3. The lowest BCUT2D eigenvalue weighted by molar-refractivity contribution is 0.0545. The number of ether oxygens (including phenoxy) is 2. The van der Waals surface area contributed by atoms with Crippen LogP contribution in [0, 0.1) is 5.92 Å². The molecule has 0 spiro atoms. The maximum absolute atomic E-state index is 13.5. The average Bonchev–Trinajstić information content (AvgIpc) is 3.33. The Balaban J connectivity index is 1.80. The number of hydrogen-bond donors (Lipinski definition) is 1. The molecule has 2 heterocycles. The summed E-state index contributed by atoms with van der Waals surface area (Å²) in [7, 11) is 1.65. The molecule has 33 heavy (non-hydrogen) atoms. The number of nitrogens with zero attached hydrogens (tertiary/aromatic N) is 2. The molecule has 1 aliphatic heterocycles. The minimum absolute atomic E-state index is 0.0478. The summed E-state index contributed by atoms with van der Waals surface area (Å²) in [6, 6.07) is 15.6. The van der Waals surface area contributed by atoms with Crippen molar-refractivity contribution < 1.29 is 14.3 Å². The van der Waals surface area contributed by atoms with E-state index in [2.05, 4.69) is 44.8 Å². The van der Waals surface area contributed by atoms with E-state index in [0.29, 0.717) is 29.7 Å². The lowest BCUT2D eigenvalue weighted by Gasteiger charge is -2.38. The number of methoxy groups -OCH3 is 1. The first-order valence-corrected chi connectivity index (χ1v) is 11.5. The lowest BCUT2D eigenvalue weighted by Crippen LogP contribution is -2.44. The van der Waals surface area contributed by atoms with Crippen LogP contribution in [0.15, 0.2) is 48.5 Å². The first-order chi connectivity index (χ1) is 15.7. The van der Waals surface area contributed by atoms with Crippen LogP contribution in [-0.2, 0) is 0 Å². The van der Waals surface area contributed by atoms with Gasteiger partial charge in [-0.05, 0) is 50.8 Å². The zero-order valence-corrected chi connectivity index (χ0v) is 20.3. The molecule has 174 valence electrons. The highest BCUT2D eigenvalue weighted by atomic mass is 16.5. The van der Waals surface area contributed by atoms with Crippen LogP contribution in [0.25, 0.3) is 11.3 Å². The number of fused-ring (bicyclic) bond motifs is 1. The number of benzene rings is 2. The van der Waals surface area contributed by atoms with Gasteiger partial charge in [-0.3, -0.25) is 9.89 Å². The van der Waals surface area contributed by atoms with E-state index in [9.17, 15) is 4.79 Å². The number of H-pyrrole nitrogens is 1. The number of carbonyl (C=O) groups is 1. The topological polar surface area (TPSA) is 67.5 Å². The maximum atomic E-state index is 13.5. The van der Waals surface area contributed by atoms with E-state index in [-0.39, 0.29) is 11.9 Å². The standard InChI is InChI=1S/C27H33N3O3/c1-17(2)14-15-33-20-13-12-19(16-21(20)32-6)25-22-23(18-10-8-7-9-11-18)28-29-24(22)26(31)30(25)27(3,4)5/h7-13,16-17,25H,14-15H2,1-6H3,(H,28,29). The Labute approximate surface area is 195 Å². The third kappa shape index (κ3) is 4.34. The van der Waals surface area contributed by atoms with Crippen molar-refractivity contribution in [2.75, 3.05) is 13.7 Å². The van der Waals surface area contributed by atoms with Crippen LogP contribution in [0.5, 0.6) is 11.5 Å². The first-order valence-electron chi connectivity index (χ1n) is 11.5. The second-order valence-corrected chi connectivity index (χ2v) is 9.92. The molecular formula is C27H33N3O3. The molecule has 0 bridgehead atoms. The number of hydrogen-bond acceptors (Lipinski definition) is 4. The molecule has 1 N–H and O–H groups in total. The van der Waals surface area contributed by atoms with Crippen molar-refractivity contribution in [3.05, 3.63) is 65.4 Å². The van der Waals surface area contributed by atoms with Gasteiger partial charge in [0.1, 0.15) is 5.69 Å². The van der Waals surface area contributed by atoms with Gasteiger partial charge in [-0.1, -0.05) is 50.2 Å². The fourth-order valence-electron chi connectivity index (χ4n) is 4.35. The third-order valence-electron chi connectivity index (χ3n) is 5.99. The summed E-state index contributed by atoms with van der Waals surface area (Å²) in [5, 5.41) is 7.56. The predicted molar refractivity (Wildman–Crippen MR) is 130 cm³/mol. The molecule has 1 unspecified atom stereocenters. The molecule has 1 amide bonds. The fourth-order valence-corrected chi connectivity index (χ4v) is 4.35. The monoisotopic (exact) mass is 447 g/mol. The largest absolute Gasteiger partial charge is 0.493 e. The minimum Gasteiger partial charge on any atom is -0.493 e. The van der Waals surface area contributed by atoms with E-state index in [1.54, 1.807) is 7.11 Å². The summed E-state index contributed by atoms with van der Waals surface area (Å²) in [6.45, 7) is 11.1. The molecular weight excluding hydrogens is 414 g/mol. The van der Waals surface area contributed by atoms with Crippen LogP contribution >= 0.6 is 0 Å². The summed E-state index contributed by atoms with van der Waals surface area (Å²) in [6.07, 6.45) is 0.971. The smallest absolute Gasteiger partial charge is 0.273 e. The van der Waals surface area contributed by atoms with E-state index in [0.717, 1.165) is 28.8 Å². The molecule has 0 saturated heterocycles. The van der Waals surface area contributed by atoms with Gasteiger partial charge in [0.2, 0.25) is 0 Å². The Morgan fingerprint density at radius 3 is 2.45 bits per heavy atom. The van der Waals surface area contributed by atoms with Crippen LogP contribution in [0.1, 0.15) is 68.7 Å². The van der Waals surface area contributed by atoms with Crippen LogP contribution in [0.4, 0.5) is 0 Å². The Kier molecular flexibility index (Phi) is 6.19. The van der Waals surface area contributed by atoms with Crippen molar-refractivity contribution in [2.24, 2.45) is 5.92 Å². The van der Waals surface area contributed by atoms with Crippen molar-refractivity contribution in [3.8, 4) is 22.8 Å². The van der Waals surface area contributed by atoms with Crippen LogP contribution in [-0.4, -0.2) is 40.3 Å². The van der Waals surface area contributed by atoms with Gasteiger partial charge in [-0.15, -0.1) is 0 Å². The Bertz CT molecular complexity index is 1130. The second-order valence-electron chi connectivity index (χ2n) is 9.92. The Morgan fingerprint density at radius 2 is 1.82 bits per heavy atom. The van der Waals surface area contributed by atoms with Gasteiger partial charge in [0.05, 0.1) is 25.5 Å². The van der Waals surface area contributed by atoms with Gasteiger partial charge in [0, 0.05) is 16.7 Å². The van der Waals surface area contributed by atoms with Gasteiger partial charge in [-0.2, -0.15) is 5.10 Å². The highest BCUT2D eigenvalue weighted by Gasteiger charge is 2.46. The SMILES string of the molecule is COc1cc(C2c3c(-c4ccccc4)n[nH]c3C(=O)N2C(C)(C)C)ccc1OCCC(C)C. The molecule has 1 aromatic heterocycles. The quantitative estimate of drug-likeness (QED) is 0.493. The average molecular weight is 448 g/mol. The zero-order chi connectivity index (χ0) is 23.8. The maximum Gasteiger partial charge on any atom is 0.273 e. The van der Waals surface area contributed by atoms with E-state index in [4.69, 9.17) is 9.47 Å². The highest BCUT2D eigenvalue weighted by Crippen LogP contribution is 2.47. The molecule has 1 atom stereocenters. The molecule has 0 fully saturated rings. The van der Waals surface area contributed by atoms with Crippen LogP contribution in [0.2, 0.25) is 0 Å². The summed E-state index contributed by atoms with van der Waals surface area (Å²) in [5.41, 5.74) is 3.79. The van der Waals surface area contributed by atoms with E-state index < -0.39 is 5.54 Å². The number of amides is 1. The third-order valence-corrected chi connectivity index (χ3v) is 5.99. The number of carbonyl (C=O) groups excluding carboxylic acids is 1. The fraction of sp³-hybridized carbons (Fsp3) is 0.407. The highest BCUT2D eigenvalue weighted by molar-refractivity contribution is 6.00. The lowest BCUT2D eigenvalue weighted by atomic mass is 9.93. The molecule has 1 aliphatic rings. The Hall–Kier alpha value is -3.28. The van der Waals surface area contributed by atoms with Gasteiger partial charge in [0.25, 0.3) is 5.91 Å². The molecule has 2 aromatic carbocycles. The van der Waals surface area contributed by atoms with E-state index in [1.165, 1.54) is 0 Å². The van der Waals surface area contributed by atoms with Gasteiger partial charge >= 0.3 is 0 Å². The molecule has 0 radical (unpaired) electrons. The summed E-state index contributed by atoms with van der Waals surface area (Å²) >= 11 is 0. The van der Waals surface area contributed by atoms with E-state index in [1.807, 2.05) is 53.4 Å². The molecule has 3 aromatic rings. The molecule has 4 rings (SSSR count). The number of rotatable bonds is 7. The molecule has 0 saturated carbocycles. The van der Waals surface area contributed by atoms with Gasteiger partial charge in [0.15, 0.2) is 11.5 Å². The van der Waals surface area contributed by atoms with Crippen molar-refractivity contribution in [1.82, 2.24) is 15.1 Å². The van der Waals surface area contributed by atoms with Crippen molar-refractivity contribution in [1.29, 1.82) is 0 Å². The molecule has 6 heteroatoms. The van der Waals surface area contributed by atoms with E-state index >= 15 is 0 Å². The van der Waals surface area contributed by atoms with Crippen molar-refractivity contribution in [3.63, 3.8) is 0 Å². The van der Waals surface area contributed by atoms with Crippen LogP contribution < -0.4 is 9.47 Å². The second kappa shape index (κ2) is 8.93. The first kappa shape index (κ1) is 22.9. The predicted octanol–water partition coefficient (Wildman–Crippen LogP) is 5.85. The summed E-state index contributed by atoms with van der Waals surface area (Å²) in [4.78, 5) is 15.4. The molecule has 0 aliphatic carbocycles.